The second kappa shape index (κ2) is 54.3. The van der Waals surface area contributed by atoms with Crippen molar-refractivity contribution >= 4 is 5.91 Å². The van der Waals surface area contributed by atoms with Crippen LogP contribution in [0.3, 0.4) is 0 Å². The molecule has 73 heavy (non-hydrogen) atoms. The third-order valence-corrected chi connectivity index (χ3v) is 15.9. The molecule has 0 radical (unpaired) electrons. The smallest absolute Gasteiger partial charge is 0.220 e. The number of carbonyl (C=O) groups excluding carboxylic acids is 1. The van der Waals surface area contributed by atoms with Crippen molar-refractivity contribution in [3.8, 4) is 0 Å². The van der Waals surface area contributed by atoms with Crippen LogP contribution in [0.25, 0.3) is 0 Å². The zero-order chi connectivity index (χ0) is 52.9. The lowest BCUT2D eigenvalue weighted by atomic mass is 9.99. The van der Waals surface area contributed by atoms with Crippen molar-refractivity contribution < 1.29 is 39.8 Å². The number of hydrogen-bond acceptors (Lipinski definition) is 8. The van der Waals surface area contributed by atoms with Crippen LogP contribution in [0.4, 0.5) is 0 Å². The molecule has 1 aliphatic heterocycles. The largest absolute Gasteiger partial charge is 0.394 e. The molecule has 0 aromatic rings. The van der Waals surface area contributed by atoms with Crippen molar-refractivity contribution in [1.29, 1.82) is 0 Å². The van der Waals surface area contributed by atoms with E-state index in [2.05, 4.69) is 19.2 Å². The Balaban J connectivity index is 2.16. The molecule has 1 aliphatic rings. The standard InChI is InChI=1S/C64H125NO8/c1-3-5-7-9-11-13-15-17-19-21-23-25-27-28-29-30-32-33-35-37-39-41-43-45-47-49-51-53-58(67)57(56-72-64-63(71)62(70)61(69)59(55-66)73-64)65-60(68)54-52-50-48-46-44-42-40-38-36-34-31-26-24-22-20-18-16-14-12-10-8-6-4-2/h51,53,57-59,61-64,66-67,69-71H,3-50,52,54-56H2,1-2H3,(H,65,68)/b53-51+. The fraction of sp³-hybridized carbons (Fsp3) is 0.953. The lowest BCUT2D eigenvalue weighted by molar-refractivity contribution is -0.302. The Morgan fingerprint density at radius 1 is 0.452 bits per heavy atom. The van der Waals surface area contributed by atoms with Crippen molar-refractivity contribution in [3.63, 3.8) is 0 Å². The maximum Gasteiger partial charge on any atom is 0.220 e. The quantitative estimate of drug-likeness (QED) is 0.0261. The normalized spacial score (nSPS) is 19.0. The predicted molar refractivity (Wildman–Crippen MR) is 309 cm³/mol. The van der Waals surface area contributed by atoms with Gasteiger partial charge in [0.25, 0.3) is 0 Å². The third-order valence-electron chi connectivity index (χ3n) is 15.9. The maximum absolute atomic E-state index is 13.1. The number of rotatable bonds is 57. The summed E-state index contributed by atoms with van der Waals surface area (Å²) in [4.78, 5) is 13.1. The molecule has 1 saturated heterocycles. The molecule has 6 N–H and O–H groups in total. The van der Waals surface area contributed by atoms with E-state index in [1.54, 1.807) is 6.08 Å². The minimum atomic E-state index is -1.56. The first-order chi connectivity index (χ1) is 35.8. The highest BCUT2D eigenvalue weighted by Gasteiger charge is 2.44. The second-order valence-electron chi connectivity index (χ2n) is 22.9. The average Bonchev–Trinajstić information content (AvgIpc) is 3.39. The van der Waals surface area contributed by atoms with E-state index in [1.165, 1.54) is 276 Å². The Morgan fingerprint density at radius 2 is 0.753 bits per heavy atom. The molecule has 1 rings (SSSR count). The van der Waals surface area contributed by atoms with Crippen LogP contribution in [0.1, 0.15) is 335 Å². The molecular weight excluding hydrogens is 911 g/mol. The van der Waals surface area contributed by atoms with E-state index in [9.17, 15) is 30.3 Å². The molecule has 0 bridgehead atoms. The minimum absolute atomic E-state index is 0.168. The summed E-state index contributed by atoms with van der Waals surface area (Å²) in [5.41, 5.74) is 0. The van der Waals surface area contributed by atoms with E-state index in [4.69, 9.17) is 9.47 Å². The summed E-state index contributed by atoms with van der Waals surface area (Å²) in [6, 6.07) is -0.801. The van der Waals surface area contributed by atoms with Crippen molar-refractivity contribution in [2.45, 2.75) is 378 Å². The van der Waals surface area contributed by atoms with Gasteiger partial charge in [0, 0.05) is 6.42 Å². The first-order valence-corrected chi connectivity index (χ1v) is 32.4. The fourth-order valence-corrected chi connectivity index (χ4v) is 10.8. The summed E-state index contributed by atoms with van der Waals surface area (Å²) >= 11 is 0. The lowest BCUT2D eigenvalue weighted by Gasteiger charge is -2.40. The van der Waals surface area contributed by atoms with E-state index in [0.29, 0.717) is 6.42 Å². The first kappa shape index (κ1) is 69.9. The van der Waals surface area contributed by atoms with E-state index in [0.717, 1.165) is 38.5 Å². The van der Waals surface area contributed by atoms with Crippen molar-refractivity contribution in [3.05, 3.63) is 12.2 Å². The van der Waals surface area contributed by atoms with Crippen LogP contribution in [-0.4, -0.2) is 87.5 Å². The summed E-state index contributed by atoms with van der Waals surface area (Å²) < 4.78 is 11.3. The van der Waals surface area contributed by atoms with Gasteiger partial charge >= 0.3 is 0 Å². The molecule has 0 spiro atoms. The zero-order valence-corrected chi connectivity index (χ0v) is 48.4. The summed E-state index contributed by atoms with van der Waals surface area (Å²) in [7, 11) is 0. The van der Waals surface area contributed by atoms with E-state index >= 15 is 0 Å². The molecule has 7 unspecified atom stereocenters. The van der Waals surface area contributed by atoms with Gasteiger partial charge in [-0.3, -0.25) is 4.79 Å². The number of amides is 1. The van der Waals surface area contributed by atoms with Crippen molar-refractivity contribution in [1.82, 2.24) is 5.32 Å². The average molecular weight is 1040 g/mol. The van der Waals surface area contributed by atoms with Gasteiger partial charge in [-0.15, -0.1) is 0 Å². The van der Waals surface area contributed by atoms with Gasteiger partial charge < -0.3 is 40.3 Å². The van der Waals surface area contributed by atoms with Crippen LogP contribution in [0, 0.1) is 0 Å². The number of aliphatic hydroxyl groups is 5. The molecule has 434 valence electrons. The molecule has 9 nitrogen and oxygen atoms in total. The number of unbranched alkanes of at least 4 members (excludes halogenated alkanes) is 47. The Morgan fingerprint density at radius 3 is 1.07 bits per heavy atom. The molecule has 7 atom stereocenters. The topological polar surface area (TPSA) is 149 Å². The van der Waals surface area contributed by atoms with Gasteiger partial charge in [0.1, 0.15) is 24.4 Å². The summed E-state index contributed by atoms with van der Waals surface area (Å²) in [5, 5.41) is 54.7. The number of aliphatic hydroxyl groups excluding tert-OH is 5. The van der Waals surface area contributed by atoms with E-state index < -0.39 is 49.5 Å². The number of ether oxygens (including phenoxy) is 2. The number of allylic oxidation sites excluding steroid dienone is 1. The van der Waals surface area contributed by atoms with Gasteiger partial charge in [0.05, 0.1) is 25.4 Å². The van der Waals surface area contributed by atoms with E-state index in [1.807, 2.05) is 6.08 Å². The zero-order valence-electron chi connectivity index (χ0n) is 48.4. The Hall–Kier alpha value is -1.07. The highest BCUT2D eigenvalue weighted by Crippen LogP contribution is 2.23. The molecule has 9 heteroatoms. The van der Waals surface area contributed by atoms with Crippen LogP contribution in [0.15, 0.2) is 12.2 Å². The van der Waals surface area contributed by atoms with Gasteiger partial charge in [-0.25, -0.2) is 0 Å². The van der Waals surface area contributed by atoms with Crippen molar-refractivity contribution in [2.75, 3.05) is 13.2 Å². The van der Waals surface area contributed by atoms with Gasteiger partial charge in [0.2, 0.25) is 5.91 Å². The van der Waals surface area contributed by atoms with Crippen LogP contribution in [0.5, 0.6) is 0 Å². The Bertz CT molecular complexity index is 1150. The van der Waals surface area contributed by atoms with Crippen LogP contribution >= 0.6 is 0 Å². The highest BCUT2D eigenvalue weighted by atomic mass is 16.7. The van der Waals surface area contributed by atoms with Gasteiger partial charge in [-0.2, -0.15) is 0 Å². The first-order valence-electron chi connectivity index (χ1n) is 32.4. The number of nitrogens with one attached hydrogen (secondary N) is 1. The Labute approximate surface area is 452 Å². The van der Waals surface area contributed by atoms with E-state index in [-0.39, 0.29) is 12.5 Å². The van der Waals surface area contributed by atoms with Crippen molar-refractivity contribution in [2.24, 2.45) is 0 Å². The van der Waals surface area contributed by atoms with Crippen LogP contribution < -0.4 is 5.32 Å². The van der Waals surface area contributed by atoms with Gasteiger partial charge in [0.15, 0.2) is 6.29 Å². The third kappa shape index (κ3) is 43.6. The van der Waals surface area contributed by atoms with Gasteiger partial charge in [-0.1, -0.05) is 321 Å². The molecule has 0 aliphatic carbocycles. The van der Waals surface area contributed by atoms with Crippen LogP contribution in [0.2, 0.25) is 0 Å². The molecule has 1 fully saturated rings. The molecule has 0 aromatic carbocycles. The molecule has 0 aromatic heterocycles. The highest BCUT2D eigenvalue weighted by molar-refractivity contribution is 5.76. The molecule has 1 heterocycles. The SMILES string of the molecule is CCCCCCCCCCCCCCCCCCCCCCCCCCC/C=C/C(O)C(COC1OC(CO)C(O)C(O)C1O)NC(=O)CCCCCCCCCCCCCCCCCCCCCCCCC. The molecule has 1 amide bonds. The fourth-order valence-electron chi connectivity index (χ4n) is 10.8. The maximum atomic E-state index is 13.1. The van der Waals surface area contributed by atoms with Gasteiger partial charge in [-0.05, 0) is 19.3 Å². The summed E-state index contributed by atoms with van der Waals surface area (Å²) in [5.74, 6) is -0.168. The van der Waals surface area contributed by atoms with Crippen LogP contribution in [-0.2, 0) is 14.3 Å². The number of hydrogen-bond donors (Lipinski definition) is 6. The number of carbonyl (C=O) groups is 1. The predicted octanol–water partition coefficient (Wildman–Crippen LogP) is 16.7. The minimum Gasteiger partial charge on any atom is -0.394 e. The lowest BCUT2D eigenvalue weighted by Crippen LogP contribution is -2.60. The molecule has 0 saturated carbocycles. The summed E-state index contributed by atoms with van der Waals surface area (Å²) in [6.45, 7) is 3.84. The molecular formula is C64H125NO8. The summed E-state index contributed by atoms with van der Waals surface area (Å²) in [6.07, 6.45) is 61.6. The Kier molecular flexibility index (Phi) is 52.0. The second-order valence-corrected chi connectivity index (χ2v) is 22.9. The monoisotopic (exact) mass is 1040 g/mol.